The van der Waals surface area contributed by atoms with Crippen molar-refractivity contribution < 1.29 is 13.2 Å². The van der Waals surface area contributed by atoms with Gasteiger partial charge in [0.1, 0.15) is 0 Å². The van der Waals surface area contributed by atoms with E-state index in [0.717, 1.165) is 44.1 Å². The van der Waals surface area contributed by atoms with Crippen LogP contribution in [0.4, 0.5) is 5.69 Å². The van der Waals surface area contributed by atoms with Crippen LogP contribution < -0.4 is 9.62 Å². The summed E-state index contributed by atoms with van der Waals surface area (Å²) in [4.78, 5) is 16.1. The molecular weight excluding hydrogens is 350 g/mol. The van der Waals surface area contributed by atoms with E-state index in [1.54, 1.807) is 29.2 Å². The minimum absolute atomic E-state index is 0.103. The van der Waals surface area contributed by atoms with Crippen molar-refractivity contribution in [1.29, 1.82) is 0 Å². The Hall–Kier alpha value is -1.44. The first-order chi connectivity index (χ1) is 12.5. The molecule has 144 valence electrons. The molecular formula is C19H29N3O3S. The van der Waals surface area contributed by atoms with Crippen molar-refractivity contribution in [2.45, 2.75) is 43.9 Å². The Bertz CT molecular complexity index is 710. The Kier molecular flexibility index (Phi) is 6.32. The maximum absolute atomic E-state index is 12.4. The molecule has 6 nitrogen and oxygen atoms in total. The largest absolute Gasteiger partial charge is 0.312 e. The quantitative estimate of drug-likeness (QED) is 0.738. The molecule has 1 amide bonds. The van der Waals surface area contributed by atoms with Gasteiger partial charge in [0.2, 0.25) is 15.9 Å². The average Bonchev–Trinajstić information content (AvgIpc) is 3.06. The van der Waals surface area contributed by atoms with Crippen LogP contribution in [0.15, 0.2) is 29.2 Å². The molecule has 0 aliphatic carbocycles. The van der Waals surface area contributed by atoms with Gasteiger partial charge in [0.05, 0.1) is 4.90 Å². The third-order valence-corrected chi connectivity index (χ3v) is 6.83. The molecule has 0 unspecified atom stereocenters. The van der Waals surface area contributed by atoms with Crippen molar-refractivity contribution in [3.8, 4) is 0 Å². The van der Waals surface area contributed by atoms with Crippen molar-refractivity contribution in [2.75, 3.05) is 37.6 Å². The molecule has 0 radical (unpaired) electrons. The highest BCUT2D eigenvalue weighted by atomic mass is 32.2. The van der Waals surface area contributed by atoms with Gasteiger partial charge in [-0.1, -0.05) is 6.92 Å². The normalized spacial score (nSPS) is 20.0. The van der Waals surface area contributed by atoms with Gasteiger partial charge in [-0.25, -0.2) is 13.1 Å². The minimum Gasteiger partial charge on any atom is -0.312 e. The standard InChI is InChI=1S/C19H29N3O3S/c1-16-9-14-21(15-10-16)12-3-11-20-26(24,25)18-7-5-17(6-8-18)22-13-2-4-19(22)23/h5-8,16,20H,2-4,9-15H2,1H3. The highest BCUT2D eigenvalue weighted by Crippen LogP contribution is 2.23. The summed E-state index contributed by atoms with van der Waals surface area (Å²) in [5.74, 6) is 0.911. The molecule has 0 atom stereocenters. The van der Waals surface area contributed by atoms with E-state index < -0.39 is 10.0 Å². The molecule has 2 heterocycles. The van der Waals surface area contributed by atoms with Gasteiger partial charge in [-0.05, 0) is 75.5 Å². The fourth-order valence-electron chi connectivity index (χ4n) is 3.60. The summed E-state index contributed by atoms with van der Waals surface area (Å²) < 4.78 is 27.5. The highest BCUT2D eigenvalue weighted by molar-refractivity contribution is 7.89. The van der Waals surface area contributed by atoms with E-state index in [1.807, 2.05) is 0 Å². The second kappa shape index (κ2) is 8.50. The summed E-state index contributed by atoms with van der Waals surface area (Å²) in [5.41, 5.74) is 0.769. The Morgan fingerprint density at radius 2 is 1.81 bits per heavy atom. The number of carbonyl (C=O) groups is 1. The number of hydrogen-bond donors (Lipinski definition) is 1. The zero-order valence-corrected chi connectivity index (χ0v) is 16.3. The van der Waals surface area contributed by atoms with E-state index in [4.69, 9.17) is 0 Å². The first kappa shape index (κ1) is 19.3. The average molecular weight is 380 g/mol. The molecule has 2 aliphatic rings. The van der Waals surface area contributed by atoms with Crippen LogP contribution in [-0.2, 0) is 14.8 Å². The van der Waals surface area contributed by atoms with Crippen LogP contribution in [0.5, 0.6) is 0 Å². The van der Waals surface area contributed by atoms with E-state index in [0.29, 0.717) is 19.5 Å². The topological polar surface area (TPSA) is 69.7 Å². The summed E-state index contributed by atoms with van der Waals surface area (Å²) >= 11 is 0. The number of benzene rings is 1. The molecule has 0 spiro atoms. The number of amides is 1. The molecule has 26 heavy (non-hydrogen) atoms. The number of sulfonamides is 1. The van der Waals surface area contributed by atoms with Crippen LogP contribution in [0.1, 0.15) is 39.0 Å². The highest BCUT2D eigenvalue weighted by Gasteiger charge is 2.22. The SMILES string of the molecule is CC1CCN(CCCNS(=O)(=O)c2ccc(N3CCCC3=O)cc2)CC1. The zero-order chi connectivity index (χ0) is 18.6. The fourth-order valence-corrected chi connectivity index (χ4v) is 4.68. The number of rotatable bonds is 7. The molecule has 2 saturated heterocycles. The monoisotopic (exact) mass is 379 g/mol. The Balaban J connectivity index is 1.47. The van der Waals surface area contributed by atoms with Crippen molar-refractivity contribution >= 4 is 21.6 Å². The van der Waals surface area contributed by atoms with Crippen LogP contribution >= 0.6 is 0 Å². The molecule has 0 bridgehead atoms. The van der Waals surface area contributed by atoms with Crippen LogP contribution in [-0.4, -0.2) is 51.9 Å². The van der Waals surface area contributed by atoms with E-state index >= 15 is 0 Å². The van der Waals surface area contributed by atoms with Crippen LogP contribution in [0.3, 0.4) is 0 Å². The van der Waals surface area contributed by atoms with Gasteiger partial charge in [0, 0.05) is 25.2 Å². The van der Waals surface area contributed by atoms with Gasteiger partial charge in [-0.2, -0.15) is 0 Å². The fraction of sp³-hybridized carbons (Fsp3) is 0.632. The number of nitrogens with one attached hydrogen (secondary N) is 1. The molecule has 7 heteroatoms. The third-order valence-electron chi connectivity index (χ3n) is 5.35. The summed E-state index contributed by atoms with van der Waals surface area (Å²) in [5, 5.41) is 0. The lowest BCUT2D eigenvalue weighted by Gasteiger charge is -2.30. The summed E-state index contributed by atoms with van der Waals surface area (Å²) in [7, 11) is -3.50. The molecule has 1 N–H and O–H groups in total. The maximum atomic E-state index is 12.4. The zero-order valence-electron chi connectivity index (χ0n) is 15.5. The predicted molar refractivity (Wildman–Crippen MR) is 103 cm³/mol. The summed E-state index contributed by atoms with van der Waals surface area (Å²) in [6, 6.07) is 6.59. The number of anilines is 1. The van der Waals surface area contributed by atoms with Gasteiger partial charge in [-0.15, -0.1) is 0 Å². The molecule has 2 aliphatic heterocycles. The number of nitrogens with zero attached hydrogens (tertiary/aromatic N) is 2. The molecule has 1 aromatic rings. The first-order valence-electron chi connectivity index (χ1n) is 9.58. The Morgan fingerprint density at radius 1 is 1.12 bits per heavy atom. The van der Waals surface area contributed by atoms with E-state index in [9.17, 15) is 13.2 Å². The maximum Gasteiger partial charge on any atom is 0.240 e. The molecule has 3 rings (SSSR count). The lowest BCUT2D eigenvalue weighted by molar-refractivity contribution is -0.117. The Morgan fingerprint density at radius 3 is 2.42 bits per heavy atom. The minimum atomic E-state index is -3.50. The summed E-state index contributed by atoms with van der Waals surface area (Å²) in [6.07, 6.45) is 4.71. The second-order valence-corrected chi connectivity index (χ2v) is 9.19. The molecule has 0 aromatic heterocycles. The number of carbonyl (C=O) groups excluding carboxylic acids is 1. The third kappa shape index (κ3) is 4.84. The molecule has 0 saturated carbocycles. The number of piperidine rings is 1. The van der Waals surface area contributed by atoms with Crippen LogP contribution in [0.2, 0.25) is 0 Å². The lowest BCUT2D eigenvalue weighted by atomic mass is 9.99. The van der Waals surface area contributed by atoms with E-state index in [-0.39, 0.29) is 10.8 Å². The van der Waals surface area contributed by atoms with Gasteiger partial charge < -0.3 is 9.80 Å². The van der Waals surface area contributed by atoms with Gasteiger partial charge in [-0.3, -0.25) is 4.79 Å². The van der Waals surface area contributed by atoms with Crippen LogP contribution in [0, 0.1) is 5.92 Å². The smallest absolute Gasteiger partial charge is 0.240 e. The molecule has 1 aromatic carbocycles. The van der Waals surface area contributed by atoms with Gasteiger partial charge in [0.15, 0.2) is 0 Å². The van der Waals surface area contributed by atoms with E-state index in [2.05, 4.69) is 16.5 Å². The Labute approximate surface area is 156 Å². The predicted octanol–water partition coefficient (Wildman–Crippen LogP) is 2.21. The van der Waals surface area contributed by atoms with Gasteiger partial charge >= 0.3 is 0 Å². The van der Waals surface area contributed by atoms with Gasteiger partial charge in [0.25, 0.3) is 0 Å². The number of likely N-dealkylation sites (tertiary alicyclic amines) is 1. The van der Waals surface area contributed by atoms with Crippen molar-refractivity contribution in [1.82, 2.24) is 9.62 Å². The van der Waals surface area contributed by atoms with Crippen molar-refractivity contribution in [2.24, 2.45) is 5.92 Å². The van der Waals surface area contributed by atoms with Crippen LogP contribution in [0.25, 0.3) is 0 Å². The first-order valence-corrected chi connectivity index (χ1v) is 11.1. The lowest BCUT2D eigenvalue weighted by Crippen LogP contribution is -2.35. The molecule has 2 fully saturated rings. The van der Waals surface area contributed by atoms with E-state index in [1.165, 1.54) is 12.8 Å². The second-order valence-electron chi connectivity index (χ2n) is 7.42. The number of hydrogen-bond acceptors (Lipinski definition) is 4. The summed E-state index contributed by atoms with van der Waals surface area (Å²) in [6.45, 7) is 6.61. The van der Waals surface area contributed by atoms with Crippen molar-refractivity contribution in [3.05, 3.63) is 24.3 Å². The van der Waals surface area contributed by atoms with Crippen molar-refractivity contribution in [3.63, 3.8) is 0 Å².